The summed E-state index contributed by atoms with van der Waals surface area (Å²) < 4.78 is 17.3. The molecule has 1 aromatic heterocycles. The van der Waals surface area contributed by atoms with Gasteiger partial charge in [-0.05, 0) is 74.1 Å². The highest BCUT2D eigenvalue weighted by Crippen LogP contribution is 2.39. The van der Waals surface area contributed by atoms with Gasteiger partial charge in [0.05, 0.1) is 19.3 Å². The number of nitriles is 1. The molecule has 1 N–H and O–H groups in total. The van der Waals surface area contributed by atoms with Crippen LogP contribution in [0.2, 0.25) is 10.0 Å². The summed E-state index contributed by atoms with van der Waals surface area (Å²) >= 11 is 17.1. The molecule has 0 radical (unpaired) electrons. The number of halogens is 3. The summed E-state index contributed by atoms with van der Waals surface area (Å²) in [5, 5.41) is 14.0. The van der Waals surface area contributed by atoms with E-state index in [4.69, 9.17) is 37.4 Å². The molecule has 0 fully saturated rings. The fourth-order valence-corrected chi connectivity index (χ4v) is 6.45. The lowest BCUT2D eigenvalue weighted by molar-refractivity contribution is -0.112. The number of fused-ring (bicyclic) bond motifs is 1. The van der Waals surface area contributed by atoms with Crippen LogP contribution in [0, 0.1) is 11.3 Å². The molecule has 0 spiro atoms. The van der Waals surface area contributed by atoms with Gasteiger partial charge in [-0.3, -0.25) is 4.79 Å². The largest absolute Gasteiger partial charge is 0.493 e. The van der Waals surface area contributed by atoms with Crippen LogP contribution in [-0.4, -0.2) is 25.6 Å². The van der Waals surface area contributed by atoms with Crippen LogP contribution >= 0.6 is 50.5 Å². The minimum absolute atomic E-state index is 0.148. The van der Waals surface area contributed by atoms with E-state index in [1.54, 1.807) is 37.3 Å². The summed E-state index contributed by atoms with van der Waals surface area (Å²) in [7, 11) is 1.49. The van der Waals surface area contributed by atoms with Crippen LogP contribution in [0.15, 0.2) is 40.4 Å². The number of amides is 1. The molecular weight excluding hydrogens is 639 g/mol. The maximum atomic E-state index is 13.2. The standard InChI is InChI=1S/C29H25BrCl2N2O5S/c1-3-38-29(36)26-20-6-4-5-7-25(20)40-28(26)34-27(35)18(14-33)10-17-11-23(37-2)24(13-21(17)30)39-15-16-8-9-19(31)12-22(16)32/h8-13H,3-7,15H2,1-2H3,(H,34,35)/b18-10+. The van der Waals surface area contributed by atoms with Crippen molar-refractivity contribution in [3.8, 4) is 17.6 Å². The Morgan fingerprint density at radius 1 is 1.18 bits per heavy atom. The van der Waals surface area contributed by atoms with Gasteiger partial charge in [-0.1, -0.05) is 45.2 Å². The summed E-state index contributed by atoms with van der Waals surface area (Å²) in [6, 6.07) is 10.4. The number of nitrogens with zero attached hydrogens (tertiary/aromatic N) is 1. The van der Waals surface area contributed by atoms with Crippen LogP contribution in [0.1, 0.15) is 51.7 Å². The molecule has 0 saturated carbocycles. The van der Waals surface area contributed by atoms with E-state index in [1.807, 2.05) is 6.07 Å². The van der Waals surface area contributed by atoms with Crippen molar-refractivity contribution >= 4 is 73.4 Å². The Morgan fingerprint density at radius 3 is 2.65 bits per heavy atom. The lowest BCUT2D eigenvalue weighted by Gasteiger charge is -2.14. The molecule has 0 atom stereocenters. The minimum atomic E-state index is -0.629. The molecule has 2 aromatic carbocycles. The maximum Gasteiger partial charge on any atom is 0.341 e. The number of ether oxygens (including phenoxy) is 3. The van der Waals surface area contributed by atoms with Gasteiger partial charge >= 0.3 is 5.97 Å². The fraction of sp³-hybridized carbons (Fsp3) is 0.276. The average molecular weight is 664 g/mol. The second kappa shape index (κ2) is 13.6. The second-order valence-corrected chi connectivity index (χ2v) is 11.6. The first kappa shape index (κ1) is 29.9. The van der Waals surface area contributed by atoms with Crippen molar-refractivity contribution in [1.82, 2.24) is 0 Å². The molecule has 0 saturated heterocycles. The molecule has 1 heterocycles. The van der Waals surface area contributed by atoms with Gasteiger partial charge in [0.25, 0.3) is 5.91 Å². The molecule has 1 aliphatic carbocycles. The Balaban J connectivity index is 1.58. The maximum absolute atomic E-state index is 13.2. The monoisotopic (exact) mass is 662 g/mol. The quantitative estimate of drug-likeness (QED) is 0.142. The smallest absolute Gasteiger partial charge is 0.341 e. The van der Waals surface area contributed by atoms with Crippen LogP contribution in [0.3, 0.4) is 0 Å². The third-order valence-electron chi connectivity index (χ3n) is 6.22. The van der Waals surface area contributed by atoms with E-state index in [0.29, 0.717) is 42.1 Å². The van der Waals surface area contributed by atoms with Crippen LogP contribution in [0.25, 0.3) is 6.08 Å². The van der Waals surface area contributed by atoms with Gasteiger partial charge in [-0.25, -0.2) is 4.79 Å². The van der Waals surface area contributed by atoms with Crippen LogP contribution in [0.5, 0.6) is 11.5 Å². The average Bonchev–Trinajstić information content (AvgIpc) is 3.29. The normalized spacial score (nSPS) is 12.8. The summed E-state index contributed by atoms with van der Waals surface area (Å²) in [5.41, 5.74) is 2.43. The Labute approximate surface area is 254 Å². The summed E-state index contributed by atoms with van der Waals surface area (Å²) in [6.45, 7) is 2.14. The third-order valence-corrected chi connectivity index (χ3v) is 8.71. The number of carbonyl (C=O) groups excluding carboxylic acids is 2. The van der Waals surface area contributed by atoms with Crippen LogP contribution in [0.4, 0.5) is 5.00 Å². The number of hydrogen-bond acceptors (Lipinski definition) is 7. The zero-order valence-electron chi connectivity index (χ0n) is 21.7. The van der Waals surface area contributed by atoms with Gasteiger partial charge in [-0.2, -0.15) is 5.26 Å². The van der Waals surface area contributed by atoms with Gasteiger partial charge in [0.2, 0.25) is 0 Å². The van der Waals surface area contributed by atoms with E-state index in [1.165, 1.54) is 24.5 Å². The zero-order valence-corrected chi connectivity index (χ0v) is 25.7. The van der Waals surface area contributed by atoms with Crippen molar-refractivity contribution in [1.29, 1.82) is 5.26 Å². The SMILES string of the molecule is CCOC(=O)c1c(NC(=O)/C(C#N)=C/c2cc(OC)c(OCc3ccc(Cl)cc3Cl)cc2Br)sc2c1CCCC2. The van der Waals surface area contributed by atoms with E-state index < -0.39 is 11.9 Å². The summed E-state index contributed by atoms with van der Waals surface area (Å²) in [5.74, 6) is -0.269. The second-order valence-electron chi connectivity index (χ2n) is 8.81. The zero-order chi connectivity index (χ0) is 28.8. The Bertz CT molecular complexity index is 1530. The van der Waals surface area contributed by atoms with Crippen molar-refractivity contribution in [3.63, 3.8) is 0 Å². The van der Waals surface area contributed by atoms with Gasteiger partial charge in [0.1, 0.15) is 23.3 Å². The van der Waals surface area contributed by atoms with Crippen LogP contribution in [-0.2, 0) is 29.0 Å². The molecule has 1 aliphatic rings. The van der Waals surface area contributed by atoms with Gasteiger partial charge in [-0.15, -0.1) is 11.3 Å². The molecule has 7 nitrogen and oxygen atoms in total. The van der Waals surface area contributed by atoms with E-state index in [2.05, 4.69) is 21.2 Å². The van der Waals surface area contributed by atoms with Crippen molar-refractivity contribution in [3.05, 3.63) is 77.6 Å². The topological polar surface area (TPSA) is 97.7 Å². The first-order valence-electron chi connectivity index (χ1n) is 12.4. The third kappa shape index (κ3) is 6.81. The predicted molar refractivity (Wildman–Crippen MR) is 161 cm³/mol. The predicted octanol–water partition coefficient (Wildman–Crippen LogP) is 8.01. The lowest BCUT2D eigenvalue weighted by atomic mass is 9.95. The minimum Gasteiger partial charge on any atom is -0.493 e. The number of nitrogens with one attached hydrogen (secondary N) is 1. The summed E-state index contributed by atoms with van der Waals surface area (Å²) in [4.78, 5) is 27.0. The van der Waals surface area contributed by atoms with E-state index in [0.717, 1.165) is 41.7 Å². The summed E-state index contributed by atoms with van der Waals surface area (Å²) in [6.07, 6.45) is 5.03. The first-order valence-corrected chi connectivity index (χ1v) is 14.8. The molecule has 208 valence electrons. The number of carbonyl (C=O) groups is 2. The molecule has 4 rings (SSSR count). The van der Waals surface area contributed by atoms with E-state index >= 15 is 0 Å². The number of aryl methyl sites for hydroxylation is 1. The number of esters is 1. The molecule has 1 amide bonds. The fourth-order valence-electron chi connectivity index (χ4n) is 4.28. The van der Waals surface area contributed by atoms with Gasteiger partial charge < -0.3 is 19.5 Å². The van der Waals surface area contributed by atoms with Crippen LogP contribution < -0.4 is 14.8 Å². The number of thiophene rings is 1. The molecule has 0 unspecified atom stereocenters. The number of benzene rings is 2. The van der Waals surface area contributed by atoms with E-state index in [-0.39, 0.29) is 18.8 Å². The molecule has 11 heteroatoms. The number of hydrogen-bond donors (Lipinski definition) is 1. The molecule has 3 aromatic rings. The van der Waals surface area contributed by atoms with Crippen molar-refractivity contribution in [2.75, 3.05) is 19.0 Å². The molecule has 0 aliphatic heterocycles. The van der Waals surface area contributed by atoms with E-state index in [9.17, 15) is 14.9 Å². The highest BCUT2D eigenvalue weighted by atomic mass is 79.9. The Morgan fingerprint density at radius 2 is 1.95 bits per heavy atom. The van der Waals surface area contributed by atoms with Crippen molar-refractivity contribution in [2.45, 2.75) is 39.2 Å². The molecule has 40 heavy (non-hydrogen) atoms. The van der Waals surface area contributed by atoms with Gasteiger partial charge in [0.15, 0.2) is 11.5 Å². The van der Waals surface area contributed by atoms with Gasteiger partial charge in [0, 0.05) is 25.0 Å². The Kier molecular flexibility index (Phi) is 10.1. The lowest BCUT2D eigenvalue weighted by Crippen LogP contribution is -2.16. The number of anilines is 1. The highest BCUT2D eigenvalue weighted by molar-refractivity contribution is 9.10. The number of methoxy groups -OCH3 is 1. The van der Waals surface area contributed by atoms with Crippen molar-refractivity contribution < 1.29 is 23.8 Å². The number of rotatable bonds is 9. The Hall–Kier alpha value is -3.03. The van der Waals surface area contributed by atoms with Crippen molar-refractivity contribution in [2.24, 2.45) is 0 Å². The molecule has 0 bridgehead atoms. The highest BCUT2D eigenvalue weighted by Gasteiger charge is 2.28. The molecular formula is C29H25BrCl2N2O5S. The first-order chi connectivity index (χ1) is 19.2.